The first kappa shape index (κ1) is 11.4. The molecule has 90 valence electrons. The summed E-state index contributed by atoms with van der Waals surface area (Å²) in [7, 11) is 0. The van der Waals surface area contributed by atoms with E-state index in [2.05, 4.69) is 0 Å². The lowest BCUT2D eigenvalue weighted by Crippen LogP contribution is -2.25. The van der Waals surface area contributed by atoms with E-state index in [9.17, 15) is 9.59 Å². The SMILES string of the molecule is CC(=O)OC1CC2OC(=O)CC2C1CCO. The minimum atomic E-state index is -0.320. The van der Waals surface area contributed by atoms with Gasteiger partial charge in [0, 0.05) is 31.8 Å². The van der Waals surface area contributed by atoms with Gasteiger partial charge in [0.15, 0.2) is 0 Å². The molecule has 0 aromatic rings. The van der Waals surface area contributed by atoms with Crippen LogP contribution in [0.25, 0.3) is 0 Å². The van der Waals surface area contributed by atoms with Crippen molar-refractivity contribution >= 4 is 11.9 Å². The number of rotatable bonds is 3. The molecule has 0 radical (unpaired) electrons. The molecule has 1 saturated heterocycles. The van der Waals surface area contributed by atoms with Crippen LogP contribution in [-0.4, -0.2) is 35.9 Å². The summed E-state index contributed by atoms with van der Waals surface area (Å²) in [6, 6.07) is 0. The summed E-state index contributed by atoms with van der Waals surface area (Å²) in [4.78, 5) is 22.1. The van der Waals surface area contributed by atoms with Gasteiger partial charge in [-0.25, -0.2) is 0 Å². The maximum absolute atomic E-state index is 11.1. The Bertz CT molecular complexity index is 301. The molecular formula is C11H16O5. The number of esters is 2. The molecule has 1 aliphatic heterocycles. The van der Waals surface area contributed by atoms with Crippen LogP contribution in [0.3, 0.4) is 0 Å². The Labute approximate surface area is 93.7 Å². The standard InChI is InChI=1S/C11H16O5/c1-6(13)15-9-5-10-8(4-11(14)16-10)7(9)2-3-12/h7-10,12H,2-5H2,1H3. The molecule has 2 rings (SSSR count). The van der Waals surface area contributed by atoms with Gasteiger partial charge in [0.1, 0.15) is 12.2 Å². The Hall–Kier alpha value is -1.10. The summed E-state index contributed by atoms with van der Waals surface area (Å²) in [5, 5.41) is 9.00. The summed E-state index contributed by atoms with van der Waals surface area (Å²) in [5.74, 6) is -0.354. The Morgan fingerprint density at radius 3 is 3.00 bits per heavy atom. The zero-order valence-electron chi connectivity index (χ0n) is 9.22. The van der Waals surface area contributed by atoms with E-state index in [1.54, 1.807) is 0 Å². The van der Waals surface area contributed by atoms with Crippen LogP contribution in [-0.2, 0) is 19.1 Å². The maximum Gasteiger partial charge on any atom is 0.306 e. The minimum absolute atomic E-state index is 0.0415. The van der Waals surface area contributed by atoms with Crippen molar-refractivity contribution in [3.8, 4) is 0 Å². The zero-order valence-corrected chi connectivity index (χ0v) is 9.22. The van der Waals surface area contributed by atoms with Gasteiger partial charge in [-0.15, -0.1) is 0 Å². The van der Waals surface area contributed by atoms with Crippen molar-refractivity contribution in [2.24, 2.45) is 11.8 Å². The van der Waals surface area contributed by atoms with Gasteiger partial charge in [-0.2, -0.15) is 0 Å². The van der Waals surface area contributed by atoms with Crippen LogP contribution in [0.1, 0.15) is 26.2 Å². The first-order valence-corrected chi connectivity index (χ1v) is 5.59. The monoisotopic (exact) mass is 228 g/mol. The van der Waals surface area contributed by atoms with Crippen LogP contribution in [0.2, 0.25) is 0 Å². The second-order valence-corrected chi connectivity index (χ2v) is 4.46. The van der Waals surface area contributed by atoms with Gasteiger partial charge >= 0.3 is 11.9 Å². The van der Waals surface area contributed by atoms with Crippen LogP contribution in [0.4, 0.5) is 0 Å². The molecule has 1 aliphatic carbocycles. The van der Waals surface area contributed by atoms with Crippen molar-refractivity contribution < 1.29 is 24.2 Å². The fraction of sp³-hybridized carbons (Fsp3) is 0.818. The van der Waals surface area contributed by atoms with E-state index in [4.69, 9.17) is 14.6 Å². The summed E-state index contributed by atoms with van der Waals surface area (Å²) in [6.07, 6.45) is 1.16. The third kappa shape index (κ3) is 2.04. The van der Waals surface area contributed by atoms with Crippen LogP contribution in [0.15, 0.2) is 0 Å². The quantitative estimate of drug-likeness (QED) is 0.701. The third-order valence-electron chi connectivity index (χ3n) is 3.43. The van der Waals surface area contributed by atoms with Gasteiger partial charge in [0.2, 0.25) is 0 Å². The van der Waals surface area contributed by atoms with Gasteiger partial charge < -0.3 is 14.6 Å². The van der Waals surface area contributed by atoms with E-state index < -0.39 is 0 Å². The number of aliphatic hydroxyl groups is 1. The molecule has 4 atom stereocenters. The average molecular weight is 228 g/mol. The van der Waals surface area contributed by atoms with Crippen LogP contribution in [0, 0.1) is 11.8 Å². The fourth-order valence-corrected chi connectivity index (χ4v) is 2.86. The smallest absolute Gasteiger partial charge is 0.306 e. The highest BCUT2D eigenvalue weighted by molar-refractivity contribution is 5.72. The third-order valence-corrected chi connectivity index (χ3v) is 3.43. The molecule has 1 saturated carbocycles. The largest absolute Gasteiger partial charge is 0.462 e. The normalized spacial score (nSPS) is 37.0. The van der Waals surface area contributed by atoms with E-state index in [0.717, 1.165) is 0 Å². The van der Waals surface area contributed by atoms with E-state index in [1.807, 2.05) is 0 Å². The summed E-state index contributed by atoms with van der Waals surface area (Å²) in [6.45, 7) is 1.41. The maximum atomic E-state index is 11.1. The molecule has 5 heteroatoms. The van der Waals surface area contributed by atoms with Crippen LogP contribution in [0.5, 0.6) is 0 Å². The lowest BCUT2D eigenvalue weighted by atomic mass is 9.89. The molecule has 16 heavy (non-hydrogen) atoms. The molecule has 5 nitrogen and oxygen atoms in total. The second kappa shape index (κ2) is 4.41. The highest BCUT2D eigenvalue weighted by atomic mass is 16.6. The summed E-state index contributed by atoms with van der Waals surface area (Å²) in [5.41, 5.74) is 0. The number of carbonyl (C=O) groups excluding carboxylic acids is 2. The molecule has 0 aromatic carbocycles. The lowest BCUT2D eigenvalue weighted by Gasteiger charge is -2.21. The van der Waals surface area contributed by atoms with Gasteiger partial charge in [0.05, 0.1) is 6.42 Å². The highest BCUT2D eigenvalue weighted by Gasteiger charge is 2.50. The molecule has 0 bridgehead atoms. The van der Waals surface area contributed by atoms with Crippen LogP contribution < -0.4 is 0 Å². The van der Waals surface area contributed by atoms with E-state index >= 15 is 0 Å². The number of fused-ring (bicyclic) bond motifs is 1. The Morgan fingerprint density at radius 1 is 1.62 bits per heavy atom. The minimum Gasteiger partial charge on any atom is -0.462 e. The zero-order chi connectivity index (χ0) is 11.7. The van der Waals surface area contributed by atoms with Gasteiger partial charge in [-0.1, -0.05) is 0 Å². The first-order valence-electron chi connectivity index (χ1n) is 5.59. The molecular weight excluding hydrogens is 212 g/mol. The van der Waals surface area contributed by atoms with Crippen molar-refractivity contribution in [2.75, 3.05) is 6.61 Å². The molecule has 0 amide bonds. The Morgan fingerprint density at radius 2 is 2.38 bits per heavy atom. The lowest BCUT2D eigenvalue weighted by molar-refractivity contribution is -0.150. The van der Waals surface area contributed by atoms with Crippen molar-refractivity contribution in [1.29, 1.82) is 0 Å². The molecule has 2 aliphatic rings. The number of carbonyl (C=O) groups is 2. The number of aliphatic hydroxyl groups excluding tert-OH is 1. The Balaban J connectivity index is 2.06. The molecule has 1 N–H and O–H groups in total. The highest BCUT2D eigenvalue weighted by Crippen LogP contribution is 2.44. The first-order chi connectivity index (χ1) is 7.61. The fourth-order valence-electron chi connectivity index (χ4n) is 2.86. The van der Waals surface area contributed by atoms with Crippen LogP contribution >= 0.6 is 0 Å². The van der Waals surface area contributed by atoms with Crippen molar-refractivity contribution in [2.45, 2.75) is 38.4 Å². The molecule has 2 fully saturated rings. The average Bonchev–Trinajstić information content (AvgIpc) is 2.65. The van der Waals surface area contributed by atoms with E-state index in [-0.39, 0.29) is 42.6 Å². The van der Waals surface area contributed by atoms with Gasteiger partial charge in [-0.3, -0.25) is 9.59 Å². The van der Waals surface area contributed by atoms with Crippen molar-refractivity contribution in [1.82, 2.24) is 0 Å². The van der Waals surface area contributed by atoms with Gasteiger partial charge in [-0.05, 0) is 6.42 Å². The predicted octanol–water partition coefficient (Wildman–Crippen LogP) is 0.252. The Kier molecular flexibility index (Phi) is 3.14. The van der Waals surface area contributed by atoms with Crippen molar-refractivity contribution in [3.05, 3.63) is 0 Å². The topological polar surface area (TPSA) is 72.8 Å². The van der Waals surface area contributed by atoms with E-state index in [0.29, 0.717) is 19.3 Å². The number of hydrogen-bond donors (Lipinski definition) is 1. The molecule has 0 spiro atoms. The predicted molar refractivity (Wildman–Crippen MR) is 53.4 cm³/mol. The summed E-state index contributed by atoms with van der Waals surface area (Å²) >= 11 is 0. The van der Waals surface area contributed by atoms with E-state index in [1.165, 1.54) is 6.92 Å². The van der Waals surface area contributed by atoms with Crippen molar-refractivity contribution in [3.63, 3.8) is 0 Å². The molecule has 0 aromatic heterocycles. The number of ether oxygens (including phenoxy) is 2. The summed E-state index contributed by atoms with van der Waals surface area (Å²) < 4.78 is 10.4. The second-order valence-electron chi connectivity index (χ2n) is 4.46. The molecule has 1 heterocycles. The molecule has 4 unspecified atom stereocenters. The number of hydrogen-bond acceptors (Lipinski definition) is 5. The van der Waals surface area contributed by atoms with Gasteiger partial charge in [0.25, 0.3) is 0 Å².